The van der Waals surface area contributed by atoms with Crippen molar-refractivity contribution in [1.82, 2.24) is 9.88 Å². The number of esters is 1. The van der Waals surface area contributed by atoms with Gasteiger partial charge in [-0.2, -0.15) is 0 Å². The Morgan fingerprint density at radius 1 is 1.07 bits per heavy atom. The summed E-state index contributed by atoms with van der Waals surface area (Å²) >= 11 is 0. The Balaban J connectivity index is 2.41. The van der Waals surface area contributed by atoms with Gasteiger partial charge in [0.1, 0.15) is 11.5 Å². The monoisotopic (exact) mass is 388 g/mol. The molecule has 1 N–H and O–H groups in total. The number of carbonyl (C=O) groups is 3. The van der Waals surface area contributed by atoms with E-state index in [0.717, 1.165) is 0 Å². The lowest BCUT2D eigenvalue weighted by Crippen LogP contribution is -2.47. The first-order valence-corrected chi connectivity index (χ1v) is 9.00. The topological polar surface area (TPSA) is 79.5 Å². The number of nitrogens with zero attached hydrogens (tertiary/aromatic N) is 1. The largest absolute Gasteiger partial charge is 0.464 e. The minimum absolute atomic E-state index is 0.219. The zero-order chi connectivity index (χ0) is 21.2. The van der Waals surface area contributed by atoms with Crippen LogP contribution in [0.1, 0.15) is 63.2 Å². The van der Waals surface area contributed by atoms with Crippen LogP contribution in [-0.4, -0.2) is 46.7 Å². The number of ether oxygens (including phenoxy) is 1. The molecule has 1 unspecified atom stereocenters. The van der Waals surface area contributed by atoms with E-state index in [2.05, 4.69) is 4.98 Å². The molecule has 6 nitrogen and oxygen atoms in total. The molecule has 1 amide bonds. The fourth-order valence-electron chi connectivity index (χ4n) is 3.36. The quantitative estimate of drug-likeness (QED) is 0.605. The molecule has 1 heterocycles. The molecule has 0 aliphatic heterocycles. The molecular formula is C21H25FN2O4. The number of aryl methyl sites for hydroxylation is 1. The van der Waals surface area contributed by atoms with E-state index in [1.807, 2.05) is 13.8 Å². The van der Waals surface area contributed by atoms with E-state index in [1.54, 1.807) is 20.8 Å². The minimum Gasteiger partial charge on any atom is -0.464 e. The van der Waals surface area contributed by atoms with E-state index in [-0.39, 0.29) is 23.4 Å². The van der Waals surface area contributed by atoms with Crippen LogP contribution in [0.4, 0.5) is 4.39 Å². The summed E-state index contributed by atoms with van der Waals surface area (Å²) in [5.74, 6) is -1.65. The third-order valence-corrected chi connectivity index (χ3v) is 4.75. The molecule has 0 radical (unpaired) electrons. The lowest BCUT2D eigenvalue weighted by Gasteiger charge is -2.32. The van der Waals surface area contributed by atoms with Crippen molar-refractivity contribution in [2.45, 2.75) is 46.7 Å². The van der Waals surface area contributed by atoms with Crippen LogP contribution in [0.3, 0.4) is 0 Å². The number of carbonyl (C=O) groups excluding carboxylic acids is 3. The van der Waals surface area contributed by atoms with E-state index in [1.165, 1.54) is 36.3 Å². The van der Waals surface area contributed by atoms with Gasteiger partial charge in [0.25, 0.3) is 5.91 Å². The standard InChI is InChI=1S/C21H25FN2O4/c1-11(2)24(20(26)15-7-9-16(22)10-8-15)14(5)19(25)17-12(3)18(21(27)28-6)23-13(17)4/h7-11,14,23H,1-6H3. The fraction of sp³-hybridized carbons (Fsp3) is 0.381. The number of nitrogens with one attached hydrogen (secondary N) is 1. The highest BCUT2D eigenvalue weighted by molar-refractivity contribution is 6.07. The minimum atomic E-state index is -0.781. The smallest absolute Gasteiger partial charge is 0.354 e. The van der Waals surface area contributed by atoms with E-state index >= 15 is 0 Å². The predicted molar refractivity (Wildman–Crippen MR) is 103 cm³/mol. The molecule has 1 aromatic heterocycles. The van der Waals surface area contributed by atoms with E-state index < -0.39 is 17.8 Å². The molecule has 150 valence electrons. The summed E-state index contributed by atoms with van der Waals surface area (Å²) in [6.07, 6.45) is 0. The van der Waals surface area contributed by atoms with Crippen LogP contribution in [0, 0.1) is 19.7 Å². The summed E-state index contributed by atoms with van der Waals surface area (Å²) in [4.78, 5) is 42.4. The summed E-state index contributed by atoms with van der Waals surface area (Å²) in [6.45, 7) is 8.62. The molecule has 1 atom stereocenters. The lowest BCUT2D eigenvalue weighted by atomic mass is 9.98. The number of amides is 1. The predicted octanol–water partition coefficient (Wildman–Crippen LogP) is 3.68. The molecule has 2 aromatic rings. The molecule has 0 fully saturated rings. The number of aromatic nitrogens is 1. The van der Waals surface area contributed by atoms with Gasteiger partial charge >= 0.3 is 5.97 Å². The van der Waals surface area contributed by atoms with Crippen LogP contribution in [0.25, 0.3) is 0 Å². The summed E-state index contributed by atoms with van der Waals surface area (Å²) in [5, 5.41) is 0. The van der Waals surface area contributed by atoms with E-state index in [0.29, 0.717) is 22.4 Å². The Morgan fingerprint density at radius 3 is 2.14 bits per heavy atom. The number of Topliss-reactive ketones (excluding diaryl/α,β-unsaturated/α-hetero) is 1. The van der Waals surface area contributed by atoms with Crippen molar-refractivity contribution in [2.24, 2.45) is 0 Å². The normalized spacial score (nSPS) is 12.0. The number of benzene rings is 1. The number of halogens is 1. The number of hydrogen-bond donors (Lipinski definition) is 1. The highest BCUT2D eigenvalue weighted by Crippen LogP contribution is 2.23. The van der Waals surface area contributed by atoms with Gasteiger partial charge in [-0.1, -0.05) is 0 Å². The van der Waals surface area contributed by atoms with Crippen LogP contribution >= 0.6 is 0 Å². The zero-order valence-electron chi connectivity index (χ0n) is 16.9. The lowest BCUT2D eigenvalue weighted by molar-refractivity contribution is 0.0565. The van der Waals surface area contributed by atoms with Crippen molar-refractivity contribution in [1.29, 1.82) is 0 Å². The average molecular weight is 388 g/mol. The molecular weight excluding hydrogens is 363 g/mol. The maximum Gasteiger partial charge on any atom is 0.354 e. The number of hydrogen-bond acceptors (Lipinski definition) is 4. The Labute approximate surface area is 163 Å². The van der Waals surface area contributed by atoms with Crippen LogP contribution in [0.15, 0.2) is 24.3 Å². The zero-order valence-corrected chi connectivity index (χ0v) is 16.9. The maximum absolute atomic E-state index is 13.2. The first-order valence-electron chi connectivity index (χ1n) is 9.00. The number of ketones is 1. The van der Waals surface area contributed by atoms with Gasteiger partial charge in [-0.25, -0.2) is 9.18 Å². The summed E-state index contributed by atoms with van der Waals surface area (Å²) < 4.78 is 17.9. The second-order valence-electron chi connectivity index (χ2n) is 6.97. The number of methoxy groups -OCH3 is 1. The summed E-state index contributed by atoms with van der Waals surface area (Å²) in [6, 6.07) is 4.16. The van der Waals surface area contributed by atoms with Gasteiger partial charge in [-0.3, -0.25) is 9.59 Å². The van der Waals surface area contributed by atoms with Gasteiger partial charge < -0.3 is 14.6 Å². The van der Waals surface area contributed by atoms with Gasteiger partial charge in [-0.05, 0) is 64.4 Å². The summed E-state index contributed by atoms with van der Waals surface area (Å²) in [7, 11) is 1.27. The molecule has 0 spiro atoms. The van der Waals surface area contributed by atoms with Gasteiger partial charge in [0.05, 0.1) is 13.2 Å². The third-order valence-electron chi connectivity index (χ3n) is 4.75. The average Bonchev–Trinajstić information content (AvgIpc) is 2.94. The van der Waals surface area contributed by atoms with Crippen molar-refractivity contribution in [3.05, 3.63) is 58.2 Å². The molecule has 0 saturated carbocycles. The Morgan fingerprint density at radius 2 is 1.64 bits per heavy atom. The van der Waals surface area contributed by atoms with E-state index in [4.69, 9.17) is 4.74 Å². The highest BCUT2D eigenvalue weighted by atomic mass is 19.1. The number of H-pyrrole nitrogens is 1. The maximum atomic E-state index is 13.2. The molecule has 7 heteroatoms. The van der Waals surface area contributed by atoms with Crippen molar-refractivity contribution in [3.8, 4) is 0 Å². The molecule has 2 rings (SSSR count). The highest BCUT2D eigenvalue weighted by Gasteiger charge is 2.33. The van der Waals surface area contributed by atoms with Crippen molar-refractivity contribution >= 4 is 17.7 Å². The van der Waals surface area contributed by atoms with Crippen LogP contribution in [0.5, 0.6) is 0 Å². The molecule has 1 aromatic carbocycles. The third kappa shape index (κ3) is 3.98. The molecule has 28 heavy (non-hydrogen) atoms. The van der Waals surface area contributed by atoms with Gasteiger partial charge in [0.2, 0.25) is 0 Å². The fourth-order valence-corrected chi connectivity index (χ4v) is 3.36. The number of rotatable bonds is 6. The van der Waals surface area contributed by atoms with Crippen LogP contribution < -0.4 is 0 Å². The second-order valence-corrected chi connectivity index (χ2v) is 6.97. The first kappa shape index (κ1) is 21.3. The SMILES string of the molecule is COC(=O)c1[nH]c(C)c(C(=O)C(C)N(C(=O)c2ccc(F)cc2)C(C)C)c1C. The van der Waals surface area contributed by atoms with Gasteiger partial charge in [0, 0.05) is 22.9 Å². The molecule has 0 bridgehead atoms. The van der Waals surface area contributed by atoms with E-state index in [9.17, 15) is 18.8 Å². The molecule has 0 aliphatic carbocycles. The van der Waals surface area contributed by atoms with Crippen LogP contribution in [0.2, 0.25) is 0 Å². The Bertz CT molecular complexity index is 900. The van der Waals surface area contributed by atoms with Crippen molar-refractivity contribution in [2.75, 3.05) is 7.11 Å². The molecule has 0 saturated heterocycles. The Hall–Kier alpha value is -2.96. The Kier molecular flexibility index (Phi) is 6.38. The summed E-state index contributed by atoms with van der Waals surface area (Å²) in [5.41, 5.74) is 1.90. The van der Waals surface area contributed by atoms with Crippen molar-refractivity contribution < 1.29 is 23.5 Å². The first-order chi connectivity index (χ1) is 13.1. The van der Waals surface area contributed by atoms with Crippen LogP contribution in [-0.2, 0) is 4.74 Å². The van der Waals surface area contributed by atoms with Gasteiger partial charge in [-0.15, -0.1) is 0 Å². The van der Waals surface area contributed by atoms with Gasteiger partial charge in [0.15, 0.2) is 5.78 Å². The molecule has 0 aliphatic rings. The second kappa shape index (κ2) is 8.37. The number of aromatic amines is 1. The van der Waals surface area contributed by atoms with Crippen molar-refractivity contribution in [3.63, 3.8) is 0 Å².